The number of rotatable bonds is 3. The number of likely N-dealkylation sites (tertiary alicyclic amines) is 1. The van der Waals surface area contributed by atoms with Crippen molar-refractivity contribution < 1.29 is 9.63 Å². The summed E-state index contributed by atoms with van der Waals surface area (Å²) in [5.41, 5.74) is 0. The number of aliphatic hydroxyl groups excluding tert-OH is 1. The number of β-amino-alcohol motifs (C(OH)–C–C–N with tert-alkyl or cyclic N) is 1. The van der Waals surface area contributed by atoms with E-state index in [1.165, 1.54) is 0 Å². The highest BCUT2D eigenvalue weighted by Gasteiger charge is 2.28. The summed E-state index contributed by atoms with van der Waals surface area (Å²) < 4.78 is 5.25. The van der Waals surface area contributed by atoms with Crippen LogP contribution in [0.3, 0.4) is 0 Å². The van der Waals surface area contributed by atoms with Crippen LogP contribution in [0.4, 0.5) is 0 Å². The monoisotopic (exact) mass is 225 g/mol. The summed E-state index contributed by atoms with van der Waals surface area (Å²) in [7, 11) is 0. The molecule has 1 unspecified atom stereocenters. The van der Waals surface area contributed by atoms with Gasteiger partial charge >= 0.3 is 0 Å². The Balaban J connectivity index is 2.05. The molecule has 0 saturated carbocycles. The van der Waals surface area contributed by atoms with Gasteiger partial charge in [-0.2, -0.15) is 4.98 Å². The van der Waals surface area contributed by atoms with E-state index in [0.29, 0.717) is 12.4 Å². The molecule has 1 aliphatic heterocycles. The van der Waals surface area contributed by atoms with Crippen LogP contribution in [0.5, 0.6) is 0 Å². The van der Waals surface area contributed by atoms with Crippen LogP contribution in [-0.2, 0) is 0 Å². The van der Waals surface area contributed by atoms with Crippen LogP contribution in [0.2, 0.25) is 0 Å². The number of aromatic nitrogens is 2. The summed E-state index contributed by atoms with van der Waals surface area (Å²) in [5.74, 6) is 1.69. The first-order valence-electron chi connectivity index (χ1n) is 5.83. The van der Waals surface area contributed by atoms with Gasteiger partial charge in [-0.3, -0.25) is 4.90 Å². The van der Waals surface area contributed by atoms with Gasteiger partial charge in [0, 0.05) is 19.0 Å². The zero-order valence-electron chi connectivity index (χ0n) is 10.1. The van der Waals surface area contributed by atoms with Crippen molar-refractivity contribution in [2.75, 3.05) is 13.1 Å². The van der Waals surface area contributed by atoms with Gasteiger partial charge in [0.05, 0.1) is 12.1 Å². The van der Waals surface area contributed by atoms with Crippen LogP contribution in [0.15, 0.2) is 4.52 Å². The molecule has 1 N–H and O–H groups in total. The molecule has 5 heteroatoms. The maximum absolute atomic E-state index is 9.48. The predicted octanol–water partition coefficient (Wildman–Crippen LogP) is 1.32. The summed E-state index contributed by atoms with van der Waals surface area (Å²) in [6, 6.07) is 0.0946. The van der Waals surface area contributed by atoms with E-state index in [9.17, 15) is 5.11 Å². The Bertz CT molecular complexity index is 351. The maximum atomic E-state index is 9.48. The number of hydrogen-bond donors (Lipinski definition) is 1. The third-order valence-corrected chi connectivity index (χ3v) is 3.07. The smallest absolute Gasteiger partial charge is 0.243 e. The van der Waals surface area contributed by atoms with Crippen molar-refractivity contribution in [3.8, 4) is 0 Å². The van der Waals surface area contributed by atoms with Gasteiger partial charge in [-0.05, 0) is 13.3 Å². The SMILES string of the molecule is CC(C)c1noc(C(C)N2CC[C@H](O)C2)n1. The first-order valence-corrected chi connectivity index (χ1v) is 5.83. The Morgan fingerprint density at radius 2 is 2.19 bits per heavy atom. The lowest BCUT2D eigenvalue weighted by molar-refractivity contribution is 0.151. The van der Waals surface area contributed by atoms with Gasteiger partial charge in [0.15, 0.2) is 5.82 Å². The standard InChI is InChI=1S/C11H19N3O2/c1-7(2)10-12-11(16-13-10)8(3)14-5-4-9(15)6-14/h7-9,15H,4-6H2,1-3H3/t8?,9-/m0/s1. The fourth-order valence-corrected chi connectivity index (χ4v) is 1.93. The van der Waals surface area contributed by atoms with E-state index < -0.39 is 0 Å². The molecule has 1 fully saturated rings. The Labute approximate surface area is 95.4 Å². The lowest BCUT2D eigenvalue weighted by Crippen LogP contribution is -2.25. The van der Waals surface area contributed by atoms with Gasteiger partial charge in [0.1, 0.15) is 0 Å². The van der Waals surface area contributed by atoms with E-state index >= 15 is 0 Å². The van der Waals surface area contributed by atoms with Crippen molar-refractivity contribution >= 4 is 0 Å². The fourth-order valence-electron chi connectivity index (χ4n) is 1.93. The molecule has 16 heavy (non-hydrogen) atoms. The minimum Gasteiger partial charge on any atom is -0.392 e. The topological polar surface area (TPSA) is 62.4 Å². The predicted molar refractivity (Wildman–Crippen MR) is 59.0 cm³/mol. The van der Waals surface area contributed by atoms with Gasteiger partial charge in [-0.15, -0.1) is 0 Å². The highest BCUT2D eigenvalue weighted by Crippen LogP contribution is 2.24. The van der Waals surface area contributed by atoms with Crippen LogP contribution in [0, 0.1) is 0 Å². The normalized spacial score (nSPS) is 24.2. The van der Waals surface area contributed by atoms with Crippen LogP contribution in [0.1, 0.15) is 50.9 Å². The third-order valence-electron chi connectivity index (χ3n) is 3.07. The molecular weight excluding hydrogens is 206 g/mol. The Morgan fingerprint density at radius 1 is 1.44 bits per heavy atom. The van der Waals surface area contributed by atoms with Crippen molar-refractivity contribution in [2.45, 2.75) is 45.3 Å². The molecule has 2 atom stereocenters. The Morgan fingerprint density at radius 3 is 2.69 bits per heavy atom. The minimum atomic E-state index is -0.213. The Hall–Kier alpha value is -0.940. The molecule has 90 valence electrons. The number of aliphatic hydroxyl groups is 1. The van der Waals surface area contributed by atoms with Crippen molar-refractivity contribution in [3.63, 3.8) is 0 Å². The summed E-state index contributed by atoms with van der Waals surface area (Å²) in [5, 5.41) is 13.4. The fraction of sp³-hybridized carbons (Fsp3) is 0.818. The lowest BCUT2D eigenvalue weighted by Gasteiger charge is -2.19. The molecule has 1 aromatic rings. The van der Waals surface area contributed by atoms with Crippen molar-refractivity contribution in [3.05, 3.63) is 11.7 Å². The maximum Gasteiger partial charge on any atom is 0.243 e. The highest BCUT2D eigenvalue weighted by molar-refractivity contribution is 4.96. The molecule has 1 aromatic heterocycles. The molecule has 2 rings (SSSR count). The molecule has 0 bridgehead atoms. The van der Waals surface area contributed by atoms with E-state index in [1.807, 2.05) is 20.8 Å². The van der Waals surface area contributed by atoms with Crippen molar-refractivity contribution in [1.29, 1.82) is 0 Å². The summed E-state index contributed by atoms with van der Waals surface area (Å²) in [4.78, 5) is 6.55. The molecule has 0 aromatic carbocycles. The average Bonchev–Trinajstić information content (AvgIpc) is 2.84. The van der Waals surface area contributed by atoms with Gasteiger partial charge < -0.3 is 9.63 Å². The zero-order valence-corrected chi connectivity index (χ0v) is 10.1. The molecule has 0 spiro atoms. The molecule has 1 saturated heterocycles. The van der Waals surface area contributed by atoms with Crippen LogP contribution < -0.4 is 0 Å². The molecule has 2 heterocycles. The summed E-state index contributed by atoms with van der Waals surface area (Å²) in [6.45, 7) is 7.70. The molecule has 5 nitrogen and oxygen atoms in total. The molecule has 0 aliphatic carbocycles. The first kappa shape index (κ1) is 11.5. The van der Waals surface area contributed by atoms with E-state index in [1.54, 1.807) is 0 Å². The third kappa shape index (κ3) is 2.25. The summed E-state index contributed by atoms with van der Waals surface area (Å²) in [6.07, 6.45) is 0.616. The lowest BCUT2D eigenvalue weighted by atomic mass is 10.2. The second kappa shape index (κ2) is 4.51. The Kier molecular flexibility index (Phi) is 3.25. The van der Waals surface area contributed by atoms with Gasteiger partial charge in [0.25, 0.3) is 0 Å². The quantitative estimate of drug-likeness (QED) is 0.840. The second-order valence-corrected chi connectivity index (χ2v) is 4.76. The minimum absolute atomic E-state index is 0.0946. The molecule has 0 amide bonds. The summed E-state index contributed by atoms with van der Waals surface area (Å²) >= 11 is 0. The molecular formula is C11H19N3O2. The van der Waals surface area contributed by atoms with E-state index in [4.69, 9.17) is 4.52 Å². The molecule has 1 aliphatic rings. The molecule has 0 radical (unpaired) electrons. The second-order valence-electron chi connectivity index (χ2n) is 4.76. The zero-order chi connectivity index (χ0) is 11.7. The van der Waals surface area contributed by atoms with Crippen LogP contribution in [0.25, 0.3) is 0 Å². The number of hydrogen-bond acceptors (Lipinski definition) is 5. The highest BCUT2D eigenvalue weighted by atomic mass is 16.5. The van der Waals surface area contributed by atoms with Crippen molar-refractivity contribution in [2.24, 2.45) is 0 Å². The van der Waals surface area contributed by atoms with Gasteiger partial charge in [-0.25, -0.2) is 0 Å². The van der Waals surface area contributed by atoms with E-state index in [0.717, 1.165) is 18.8 Å². The van der Waals surface area contributed by atoms with Crippen LogP contribution in [-0.4, -0.2) is 39.3 Å². The van der Waals surface area contributed by atoms with E-state index in [-0.39, 0.29) is 18.1 Å². The average molecular weight is 225 g/mol. The van der Waals surface area contributed by atoms with Gasteiger partial charge in [-0.1, -0.05) is 19.0 Å². The van der Waals surface area contributed by atoms with Gasteiger partial charge in [0.2, 0.25) is 5.89 Å². The first-order chi connectivity index (χ1) is 7.58. The van der Waals surface area contributed by atoms with E-state index in [2.05, 4.69) is 15.0 Å². The largest absolute Gasteiger partial charge is 0.392 e. The number of nitrogens with zero attached hydrogens (tertiary/aromatic N) is 3. The van der Waals surface area contributed by atoms with Crippen molar-refractivity contribution in [1.82, 2.24) is 15.0 Å². The van der Waals surface area contributed by atoms with Crippen LogP contribution >= 0.6 is 0 Å².